The van der Waals surface area contributed by atoms with E-state index in [2.05, 4.69) is 26.6 Å². The molecule has 0 aliphatic heterocycles. The van der Waals surface area contributed by atoms with Crippen molar-refractivity contribution in [3.8, 4) is 11.5 Å². The minimum atomic E-state index is -0.425. The van der Waals surface area contributed by atoms with Crippen LogP contribution in [0.2, 0.25) is 0 Å². The SMILES string of the molecule is O=C(NCc1ccccc1Br)Nc1cc(O)cc(O)c1. The molecule has 0 fully saturated rings. The summed E-state index contributed by atoms with van der Waals surface area (Å²) in [5, 5.41) is 23.8. The fraction of sp³-hybridized carbons (Fsp3) is 0.0714. The lowest BCUT2D eigenvalue weighted by Crippen LogP contribution is -2.28. The zero-order valence-corrected chi connectivity index (χ0v) is 12.0. The maximum atomic E-state index is 11.7. The van der Waals surface area contributed by atoms with Crippen LogP contribution in [0.15, 0.2) is 46.9 Å². The molecule has 0 saturated carbocycles. The van der Waals surface area contributed by atoms with Crippen molar-refractivity contribution >= 4 is 27.6 Å². The highest BCUT2D eigenvalue weighted by Crippen LogP contribution is 2.23. The summed E-state index contributed by atoms with van der Waals surface area (Å²) in [6.07, 6.45) is 0. The van der Waals surface area contributed by atoms with Crippen molar-refractivity contribution < 1.29 is 15.0 Å². The van der Waals surface area contributed by atoms with Gasteiger partial charge >= 0.3 is 6.03 Å². The Bertz CT molecular complexity index is 611. The predicted molar refractivity (Wildman–Crippen MR) is 79.8 cm³/mol. The summed E-state index contributed by atoms with van der Waals surface area (Å²) in [4.78, 5) is 11.7. The number of carbonyl (C=O) groups is 1. The maximum Gasteiger partial charge on any atom is 0.319 e. The van der Waals surface area contributed by atoms with Crippen molar-refractivity contribution in [3.05, 3.63) is 52.5 Å². The van der Waals surface area contributed by atoms with Gasteiger partial charge in [0.15, 0.2) is 0 Å². The summed E-state index contributed by atoms with van der Waals surface area (Å²) >= 11 is 3.39. The van der Waals surface area contributed by atoms with Gasteiger partial charge in [0.2, 0.25) is 0 Å². The number of nitrogens with one attached hydrogen (secondary N) is 2. The van der Waals surface area contributed by atoms with E-state index in [0.717, 1.165) is 10.0 Å². The van der Waals surface area contributed by atoms with Crippen molar-refractivity contribution in [1.29, 1.82) is 0 Å². The number of phenolic OH excluding ortho intramolecular Hbond substituents is 2. The highest BCUT2D eigenvalue weighted by molar-refractivity contribution is 9.10. The molecule has 2 aromatic rings. The average Bonchev–Trinajstić information content (AvgIpc) is 2.36. The quantitative estimate of drug-likeness (QED) is 0.694. The largest absolute Gasteiger partial charge is 0.508 e. The van der Waals surface area contributed by atoms with E-state index < -0.39 is 6.03 Å². The lowest BCUT2D eigenvalue weighted by atomic mass is 10.2. The molecule has 0 saturated heterocycles. The number of urea groups is 1. The van der Waals surface area contributed by atoms with Gasteiger partial charge in [-0.05, 0) is 11.6 Å². The molecule has 0 spiro atoms. The summed E-state index contributed by atoms with van der Waals surface area (Å²) in [6.45, 7) is 0.359. The number of aromatic hydroxyl groups is 2. The number of amides is 2. The summed E-state index contributed by atoms with van der Waals surface area (Å²) in [6, 6.07) is 11.0. The molecule has 0 aliphatic carbocycles. The van der Waals surface area contributed by atoms with Gasteiger partial charge in [-0.25, -0.2) is 4.79 Å². The summed E-state index contributed by atoms with van der Waals surface area (Å²) in [5.74, 6) is -0.239. The molecule has 0 atom stereocenters. The number of hydrogen-bond acceptors (Lipinski definition) is 3. The molecule has 0 heterocycles. The van der Waals surface area contributed by atoms with Crippen LogP contribution in [0.1, 0.15) is 5.56 Å². The fourth-order valence-electron chi connectivity index (χ4n) is 1.66. The van der Waals surface area contributed by atoms with Gasteiger partial charge in [0, 0.05) is 34.9 Å². The number of phenols is 2. The van der Waals surface area contributed by atoms with E-state index in [9.17, 15) is 15.0 Å². The normalized spacial score (nSPS) is 10.1. The zero-order valence-electron chi connectivity index (χ0n) is 10.4. The topological polar surface area (TPSA) is 81.6 Å². The van der Waals surface area contributed by atoms with Gasteiger partial charge in [0.1, 0.15) is 11.5 Å². The third-order valence-electron chi connectivity index (χ3n) is 2.56. The van der Waals surface area contributed by atoms with E-state index in [-0.39, 0.29) is 11.5 Å². The van der Waals surface area contributed by atoms with Gasteiger partial charge in [-0.2, -0.15) is 0 Å². The molecule has 5 nitrogen and oxygen atoms in total. The number of anilines is 1. The minimum absolute atomic E-state index is 0.119. The van der Waals surface area contributed by atoms with E-state index in [1.165, 1.54) is 18.2 Å². The molecule has 2 aromatic carbocycles. The van der Waals surface area contributed by atoms with Crippen LogP contribution in [0, 0.1) is 0 Å². The highest BCUT2D eigenvalue weighted by Gasteiger charge is 2.05. The number of halogens is 1. The minimum Gasteiger partial charge on any atom is -0.508 e. The van der Waals surface area contributed by atoms with Gasteiger partial charge in [-0.3, -0.25) is 0 Å². The van der Waals surface area contributed by atoms with Crippen molar-refractivity contribution in [2.24, 2.45) is 0 Å². The molecule has 0 aliphatic rings. The van der Waals surface area contributed by atoms with Crippen molar-refractivity contribution in [2.45, 2.75) is 6.54 Å². The third-order valence-corrected chi connectivity index (χ3v) is 3.33. The molecule has 0 radical (unpaired) electrons. The number of benzene rings is 2. The average molecular weight is 337 g/mol. The van der Waals surface area contributed by atoms with Gasteiger partial charge in [0.25, 0.3) is 0 Å². The number of rotatable bonds is 3. The second-order valence-corrected chi connectivity index (χ2v) is 4.99. The molecule has 2 rings (SSSR count). The van der Waals surface area contributed by atoms with Gasteiger partial charge in [0.05, 0.1) is 0 Å². The molecular formula is C14H13BrN2O3. The molecule has 4 N–H and O–H groups in total. The molecule has 0 aromatic heterocycles. The Kier molecular flexibility index (Phi) is 4.47. The summed E-state index contributed by atoms with van der Waals surface area (Å²) in [5.41, 5.74) is 1.26. The van der Waals surface area contributed by atoms with Crippen LogP contribution in [0.4, 0.5) is 10.5 Å². The summed E-state index contributed by atoms with van der Waals surface area (Å²) in [7, 11) is 0. The van der Waals surface area contributed by atoms with E-state index in [0.29, 0.717) is 12.2 Å². The zero-order chi connectivity index (χ0) is 14.5. The Morgan fingerprint density at radius 1 is 1.10 bits per heavy atom. The highest BCUT2D eigenvalue weighted by atomic mass is 79.9. The van der Waals surface area contributed by atoms with Crippen LogP contribution in [0.25, 0.3) is 0 Å². The van der Waals surface area contributed by atoms with Crippen LogP contribution in [0.5, 0.6) is 11.5 Å². The van der Waals surface area contributed by atoms with Crippen LogP contribution in [-0.4, -0.2) is 16.2 Å². The van der Waals surface area contributed by atoms with Crippen LogP contribution in [-0.2, 0) is 6.54 Å². The predicted octanol–water partition coefficient (Wildman–Crippen LogP) is 3.18. The molecule has 20 heavy (non-hydrogen) atoms. The van der Waals surface area contributed by atoms with E-state index >= 15 is 0 Å². The van der Waals surface area contributed by atoms with Crippen LogP contribution >= 0.6 is 15.9 Å². The first-order valence-electron chi connectivity index (χ1n) is 5.86. The van der Waals surface area contributed by atoms with Gasteiger partial charge in [-0.15, -0.1) is 0 Å². The Labute approximate surface area is 124 Å². The molecule has 0 bridgehead atoms. The first-order valence-corrected chi connectivity index (χ1v) is 6.65. The Hall–Kier alpha value is -2.21. The van der Waals surface area contributed by atoms with E-state index in [4.69, 9.17) is 0 Å². The van der Waals surface area contributed by atoms with E-state index in [1.54, 1.807) is 0 Å². The van der Waals surface area contributed by atoms with Crippen molar-refractivity contribution in [1.82, 2.24) is 5.32 Å². The summed E-state index contributed by atoms with van der Waals surface area (Å²) < 4.78 is 0.912. The molecule has 0 unspecified atom stereocenters. The fourth-order valence-corrected chi connectivity index (χ4v) is 2.08. The van der Waals surface area contributed by atoms with Gasteiger partial charge in [-0.1, -0.05) is 34.1 Å². The molecule has 104 valence electrons. The Morgan fingerprint density at radius 2 is 1.75 bits per heavy atom. The van der Waals surface area contributed by atoms with Crippen molar-refractivity contribution in [2.75, 3.05) is 5.32 Å². The monoisotopic (exact) mass is 336 g/mol. The van der Waals surface area contributed by atoms with Crippen LogP contribution in [0.3, 0.4) is 0 Å². The number of carbonyl (C=O) groups excluding carboxylic acids is 1. The maximum absolute atomic E-state index is 11.7. The van der Waals surface area contributed by atoms with Gasteiger partial charge < -0.3 is 20.8 Å². The Morgan fingerprint density at radius 3 is 2.40 bits per heavy atom. The Balaban J connectivity index is 1.94. The first-order chi connectivity index (χ1) is 9.54. The van der Waals surface area contributed by atoms with Crippen molar-refractivity contribution in [3.63, 3.8) is 0 Å². The first kappa shape index (κ1) is 14.2. The smallest absolute Gasteiger partial charge is 0.319 e. The second kappa shape index (κ2) is 6.29. The lowest BCUT2D eigenvalue weighted by Gasteiger charge is -2.09. The molecular weight excluding hydrogens is 324 g/mol. The third kappa shape index (κ3) is 3.89. The second-order valence-electron chi connectivity index (χ2n) is 4.14. The number of hydrogen-bond donors (Lipinski definition) is 4. The van der Waals surface area contributed by atoms with E-state index in [1.807, 2.05) is 24.3 Å². The van der Waals surface area contributed by atoms with Crippen LogP contribution < -0.4 is 10.6 Å². The standard InChI is InChI=1S/C14H13BrN2O3/c15-13-4-2-1-3-9(13)8-16-14(20)17-10-5-11(18)7-12(19)6-10/h1-7,18-19H,8H2,(H2,16,17,20). The molecule has 6 heteroatoms. The molecule has 2 amide bonds. The lowest BCUT2D eigenvalue weighted by molar-refractivity contribution is 0.251.